The summed E-state index contributed by atoms with van der Waals surface area (Å²) in [5, 5.41) is 3.59. The summed E-state index contributed by atoms with van der Waals surface area (Å²) in [5.41, 5.74) is 2.49. The first-order chi connectivity index (χ1) is 15.4. The summed E-state index contributed by atoms with van der Waals surface area (Å²) in [6, 6.07) is 21.0. The van der Waals surface area contributed by atoms with Crippen molar-refractivity contribution in [1.29, 1.82) is 0 Å². The van der Waals surface area contributed by atoms with Crippen molar-refractivity contribution < 1.29 is 9.18 Å². The minimum atomic E-state index is -0.464. The van der Waals surface area contributed by atoms with E-state index in [0.29, 0.717) is 0 Å². The Labute approximate surface area is 184 Å². The summed E-state index contributed by atoms with van der Waals surface area (Å²) >= 11 is 0. The molecule has 0 radical (unpaired) electrons. The molecule has 1 heterocycles. The lowest BCUT2D eigenvalue weighted by Gasteiger charge is -2.27. The molecule has 0 saturated heterocycles. The Morgan fingerprint density at radius 3 is 2.41 bits per heavy atom. The zero-order valence-electron chi connectivity index (χ0n) is 17.8. The zero-order valence-corrected chi connectivity index (χ0v) is 17.8. The lowest BCUT2D eigenvalue weighted by molar-refractivity contribution is -0.119. The van der Waals surface area contributed by atoms with Crippen LogP contribution in [0.2, 0.25) is 0 Å². The van der Waals surface area contributed by atoms with Gasteiger partial charge in [-0.25, -0.2) is 9.37 Å². The van der Waals surface area contributed by atoms with E-state index in [2.05, 4.69) is 10.3 Å². The second-order valence-corrected chi connectivity index (χ2v) is 7.73. The molecule has 0 fully saturated rings. The Morgan fingerprint density at radius 2 is 1.72 bits per heavy atom. The van der Waals surface area contributed by atoms with Gasteiger partial charge in [-0.3, -0.25) is 14.2 Å². The van der Waals surface area contributed by atoms with Crippen molar-refractivity contribution in [3.8, 4) is 0 Å². The van der Waals surface area contributed by atoms with Crippen LogP contribution in [0.1, 0.15) is 13.8 Å². The highest BCUT2D eigenvalue weighted by Crippen LogP contribution is 2.23. The van der Waals surface area contributed by atoms with E-state index in [4.69, 9.17) is 0 Å². The molecule has 32 heavy (non-hydrogen) atoms. The minimum Gasteiger partial charge on any atom is -0.356 e. The zero-order chi connectivity index (χ0) is 22.7. The van der Waals surface area contributed by atoms with Crippen LogP contribution in [0, 0.1) is 5.82 Å². The first-order valence-electron chi connectivity index (χ1n) is 10.3. The van der Waals surface area contributed by atoms with Gasteiger partial charge in [0.25, 0.3) is 5.56 Å². The number of benzene rings is 3. The third-order valence-corrected chi connectivity index (χ3v) is 5.09. The minimum absolute atomic E-state index is 0.117. The number of anilines is 3. The molecule has 7 heteroatoms. The summed E-state index contributed by atoms with van der Waals surface area (Å²) in [7, 11) is 0. The van der Waals surface area contributed by atoms with E-state index in [1.54, 1.807) is 4.90 Å². The maximum atomic E-state index is 13.4. The molecule has 4 rings (SSSR count). The molecule has 0 unspecified atom stereocenters. The molecule has 0 aliphatic heterocycles. The number of carbonyl (C=O) groups excluding carboxylic acids is 1. The maximum Gasteiger partial charge on any atom is 0.261 e. The Morgan fingerprint density at radius 1 is 1.03 bits per heavy atom. The first kappa shape index (κ1) is 21.2. The molecular formula is C25H23FN4O2. The molecule has 0 aliphatic carbocycles. The number of halogens is 1. The van der Waals surface area contributed by atoms with Gasteiger partial charge in [0.15, 0.2) is 0 Å². The second kappa shape index (κ2) is 9.01. The number of carbonyl (C=O) groups is 1. The maximum absolute atomic E-state index is 13.4. The van der Waals surface area contributed by atoms with Crippen molar-refractivity contribution in [2.45, 2.75) is 26.4 Å². The second-order valence-electron chi connectivity index (χ2n) is 7.73. The van der Waals surface area contributed by atoms with Gasteiger partial charge in [0.2, 0.25) is 5.91 Å². The third kappa shape index (κ3) is 4.51. The van der Waals surface area contributed by atoms with Crippen LogP contribution in [-0.2, 0) is 11.3 Å². The number of para-hydroxylation sites is 1. The molecule has 1 aromatic heterocycles. The largest absolute Gasteiger partial charge is 0.356 e. The molecule has 0 spiro atoms. The Hall–Kier alpha value is -4.00. The van der Waals surface area contributed by atoms with Crippen LogP contribution in [0.3, 0.4) is 0 Å². The van der Waals surface area contributed by atoms with Gasteiger partial charge in [0.1, 0.15) is 12.4 Å². The van der Waals surface area contributed by atoms with Gasteiger partial charge in [-0.05, 0) is 62.4 Å². The summed E-state index contributed by atoms with van der Waals surface area (Å²) in [5.74, 6) is -0.705. The van der Waals surface area contributed by atoms with E-state index in [9.17, 15) is 14.0 Å². The molecule has 3 aromatic carbocycles. The number of nitrogens with one attached hydrogen (secondary N) is 1. The predicted molar refractivity (Wildman–Crippen MR) is 125 cm³/mol. The Balaban J connectivity index is 1.56. The van der Waals surface area contributed by atoms with Crippen molar-refractivity contribution in [2.75, 3.05) is 10.2 Å². The highest BCUT2D eigenvalue weighted by atomic mass is 19.1. The molecule has 0 atom stereocenters. The lowest BCUT2D eigenvalue weighted by Crippen LogP contribution is -2.41. The molecule has 1 N–H and O–H groups in total. The fraction of sp³-hybridized carbons (Fsp3) is 0.160. The molecule has 0 aliphatic rings. The van der Waals surface area contributed by atoms with Crippen LogP contribution in [0.5, 0.6) is 0 Å². The van der Waals surface area contributed by atoms with Crippen LogP contribution in [0.4, 0.5) is 21.5 Å². The average Bonchev–Trinajstić information content (AvgIpc) is 2.77. The number of hydrogen-bond donors (Lipinski definition) is 1. The van der Waals surface area contributed by atoms with Crippen LogP contribution in [0.15, 0.2) is 83.9 Å². The van der Waals surface area contributed by atoms with Crippen LogP contribution in [-0.4, -0.2) is 21.5 Å². The highest BCUT2D eigenvalue weighted by molar-refractivity contribution is 5.94. The van der Waals surface area contributed by atoms with Gasteiger partial charge < -0.3 is 10.2 Å². The van der Waals surface area contributed by atoms with E-state index in [0.717, 1.165) is 17.1 Å². The highest BCUT2D eigenvalue weighted by Gasteiger charge is 2.20. The van der Waals surface area contributed by atoms with Gasteiger partial charge in [-0.15, -0.1) is 0 Å². The predicted octanol–water partition coefficient (Wildman–Crippen LogP) is 4.72. The van der Waals surface area contributed by atoms with Crippen molar-refractivity contribution >= 4 is 33.9 Å². The number of amides is 1. The van der Waals surface area contributed by atoms with Crippen molar-refractivity contribution in [3.05, 3.63) is 95.3 Å². The van der Waals surface area contributed by atoms with Crippen molar-refractivity contribution in [1.82, 2.24) is 9.55 Å². The molecule has 6 nitrogen and oxygen atoms in total. The Bertz CT molecular complexity index is 1300. The fourth-order valence-corrected chi connectivity index (χ4v) is 3.59. The van der Waals surface area contributed by atoms with Crippen LogP contribution in [0.25, 0.3) is 10.9 Å². The molecule has 0 saturated carbocycles. The van der Waals surface area contributed by atoms with Gasteiger partial charge in [-0.1, -0.05) is 18.2 Å². The quantitative estimate of drug-likeness (QED) is 0.481. The number of hydrogen-bond acceptors (Lipinski definition) is 4. The lowest BCUT2D eigenvalue weighted by atomic mass is 10.2. The number of aromatic nitrogens is 2. The van der Waals surface area contributed by atoms with E-state index in [1.807, 2.05) is 68.4 Å². The SMILES string of the molecule is CC(C)N(C(=O)Cn1cnc2cc(F)ccc2c1=O)c1ccc(Nc2ccccc2)cc1. The van der Waals surface area contributed by atoms with Gasteiger partial charge in [0, 0.05) is 29.2 Å². The van der Waals surface area contributed by atoms with Crippen LogP contribution >= 0.6 is 0 Å². The van der Waals surface area contributed by atoms with Crippen LogP contribution < -0.4 is 15.8 Å². The standard InChI is InChI=1S/C25H23FN4O2/c1-17(2)30(21-11-9-20(10-12-21)28-19-6-4-3-5-7-19)24(31)15-29-16-27-23-14-18(26)8-13-22(23)25(29)32/h3-14,16-17,28H,15H2,1-2H3. The summed E-state index contributed by atoms with van der Waals surface area (Å²) < 4.78 is 14.7. The van der Waals surface area contributed by atoms with E-state index in [-0.39, 0.29) is 35.0 Å². The fourth-order valence-electron chi connectivity index (χ4n) is 3.59. The number of rotatable bonds is 6. The molecule has 4 aromatic rings. The summed E-state index contributed by atoms with van der Waals surface area (Å²) in [4.78, 5) is 31.7. The van der Waals surface area contributed by atoms with E-state index >= 15 is 0 Å². The Kier molecular flexibility index (Phi) is 5.98. The van der Waals surface area contributed by atoms with Crippen molar-refractivity contribution in [2.24, 2.45) is 0 Å². The smallest absolute Gasteiger partial charge is 0.261 e. The molecule has 1 amide bonds. The third-order valence-electron chi connectivity index (χ3n) is 5.09. The average molecular weight is 430 g/mol. The van der Waals surface area contributed by atoms with Crippen molar-refractivity contribution in [3.63, 3.8) is 0 Å². The van der Waals surface area contributed by atoms with Gasteiger partial charge in [0.05, 0.1) is 17.2 Å². The van der Waals surface area contributed by atoms with E-state index < -0.39 is 5.82 Å². The first-order valence-corrected chi connectivity index (χ1v) is 10.3. The molecule has 0 bridgehead atoms. The van der Waals surface area contributed by atoms with E-state index in [1.165, 1.54) is 29.1 Å². The normalized spacial score (nSPS) is 11.0. The summed E-state index contributed by atoms with van der Waals surface area (Å²) in [6.07, 6.45) is 1.29. The molecule has 162 valence electrons. The summed E-state index contributed by atoms with van der Waals surface area (Å²) in [6.45, 7) is 3.66. The monoisotopic (exact) mass is 430 g/mol. The number of fused-ring (bicyclic) bond motifs is 1. The molecular weight excluding hydrogens is 407 g/mol. The van der Waals surface area contributed by atoms with Gasteiger partial charge >= 0.3 is 0 Å². The number of nitrogens with zero attached hydrogens (tertiary/aromatic N) is 3. The topological polar surface area (TPSA) is 67.2 Å². The van der Waals surface area contributed by atoms with Gasteiger partial charge in [-0.2, -0.15) is 0 Å².